The van der Waals surface area contributed by atoms with Gasteiger partial charge in [0.1, 0.15) is 11.5 Å². The van der Waals surface area contributed by atoms with Gasteiger partial charge in [0.05, 0.1) is 18.7 Å². The first-order chi connectivity index (χ1) is 16.3. The van der Waals surface area contributed by atoms with Crippen LogP contribution in [0.5, 0.6) is 0 Å². The van der Waals surface area contributed by atoms with Crippen molar-refractivity contribution in [2.24, 2.45) is 5.92 Å². The van der Waals surface area contributed by atoms with E-state index in [9.17, 15) is 13.2 Å². The third kappa shape index (κ3) is 5.15. The Morgan fingerprint density at radius 2 is 2.06 bits per heavy atom. The highest BCUT2D eigenvalue weighted by atomic mass is 32.2. The summed E-state index contributed by atoms with van der Waals surface area (Å²) in [6.45, 7) is 6.33. The Kier molecular flexibility index (Phi) is 7.04. The van der Waals surface area contributed by atoms with Crippen molar-refractivity contribution in [1.82, 2.24) is 14.8 Å². The number of furan rings is 1. The second-order valence-electron chi connectivity index (χ2n) is 8.65. The summed E-state index contributed by atoms with van der Waals surface area (Å²) in [6.07, 6.45) is 6.24. The minimum atomic E-state index is -3.90. The molecule has 0 spiro atoms. The summed E-state index contributed by atoms with van der Waals surface area (Å²) in [7, 11) is -3.90. The van der Waals surface area contributed by atoms with Crippen molar-refractivity contribution in [2.75, 3.05) is 13.1 Å². The average Bonchev–Trinajstić information content (AvgIpc) is 3.48. The van der Waals surface area contributed by atoms with E-state index in [1.165, 1.54) is 4.31 Å². The minimum absolute atomic E-state index is 0.0469. The molecule has 3 heterocycles. The van der Waals surface area contributed by atoms with Gasteiger partial charge in [0.2, 0.25) is 15.9 Å². The smallest absolute Gasteiger partial charge is 0.248 e. The Balaban J connectivity index is 1.52. The van der Waals surface area contributed by atoms with Crippen molar-refractivity contribution in [3.05, 3.63) is 70.5 Å². The van der Waals surface area contributed by atoms with Crippen LogP contribution in [0.4, 0.5) is 0 Å². The van der Waals surface area contributed by atoms with Gasteiger partial charge in [-0.1, -0.05) is 35.0 Å². The number of hydrogen-bond donors (Lipinski definition) is 1. The Hall–Kier alpha value is -3.17. The molecule has 180 valence electrons. The van der Waals surface area contributed by atoms with Crippen LogP contribution < -0.4 is 5.32 Å². The first-order valence-corrected chi connectivity index (χ1v) is 12.7. The zero-order valence-electron chi connectivity index (χ0n) is 19.6. The van der Waals surface area contributed by atoms with E-state index in [0.717, 1.165) is 16.7 Å². The lowest BCUT2D eigenvalue weighted by molar-refractivity contribution is -0.126. The van der Waals surface area contributed by atoms with Crippen LogP contribution in [0.15, 0.2) is 50.4 Å². The van der Waals surface area contributed by atoms with Crippen LogP contribution >= 0.6 is 0 Å². The van der Waals surface area contributed by atoms with Gasteiger partial charge in [0, 0.05) is 13.1 Å². The fourth-order valence-corrected chi connectivity index (χ4v) is 5.91. The standard InChI is InChI=1S/C25H29N3O5S/c1-17-8-9-18(2)20(14-17)10-11-23-24(19(3)27-33-23)34(30,31)28-12-4-6-21(16-28)25(29)26-15-22-7-5-13-32-22/h5,7-11,13-14,21H,4,6,12,15-16H2,1-3H3,(H,26,29)/b11-10+/t21-/m1/s1. The fraction of sp³-hybridized carbons (Fsp3) is 0.360. The molecular weight excluding hydrogens is 454 g/mol. The molecule has 1 amide bonds. The molecule has 1 N–H and O–H groups in total. The number of carbonyl (C=O) groups is 1. The Bertz CT molecular complexity index is 1290. The zero-order valence-corrected chi connectivity index (χ0v) is 20.4. The van der Waals surface area contributed by atoms with Gasteiger partial charge in [-0.3, -0.25) is 4.79 Å². The van der Waals surface area contributed by atoms with Crippen molar-refractivity contribution in [3.8, 4) is 0 Å². The van der Waals surface area contributed by atoms with Gasteiger partial charge in [-0.15, -0.1) is 0 Å². The van der Waals surface area contributed by atoms with Crippen LogP contribution in [0, 0.1) is 26.7 Å². The molecule has 1 saturated heterocycles. The monoisotopic (exact) mass is 483 g/mol. The molecule has 1 aliphatic rings. The molecule has 0 radical (unpaired) electrons. The lowest BCUT2D eigenvalue weighted by Gasteiger charge is -2.31. The van der Waals surface area contributed by atoms with Crippen molar-refractivity contribution in [3.63, 3.8) is 0 Å². The van der Waals surface area contributed by atoms with Gasteiger partial charge >= 0.3 is 0 Å². The van der Waals surface area contributed by atoms with Crippen LogP contribution in [-0.4, -0.2) is 36.9 Å². The molecule has 0 saturated carbocycles. The van der Waals surface area contributed by atoms with Crippen molar-refractivity contribution >= 4 is 28.1 Å². The molecule has 1 atom stereocenters. The minimum Gasteiger partial charge on any atom is -0.467 e. The van der Waals surface area contributed by atoms with E-state index in [4.69, 9.17) is 8.94 Å². The molecule has 34 heavy (non-hydrogen) atoms. The van der Waals surface area contributed by atoms with E-state index >= 15 is 0 Å². The number of aromatic nitrogens is 1. The molecule has 1 fully saturated rings. The molecule has 1 aliphatic heterocycles. The van der Waals surface area contributed by atoms with E-state index in [2.05, 4.69) is 10.5 Å². The highest BCUT2D eigenvalue weighted by molar-refractivity contribution is 7.89. The molecule has 8 nitrogen and oxygen atoms in total. The SMILES string of the molecule is Cc1ccc(C)c(/C=C/c2onc(C)c2S(=O)(=O)N2CCC[C@@H](C(=O)NCc3ccco3)C2)c1. The number of amides is 1. The number of benzene rings is 1. The second kappa shape index (κ2) is 9.99. The molecule has 0 unspecified atom stereocenters. The molecule has 3 aromatic rings. The predicted molar refractivity (Wildman–Crippen MR) is 128 cm³/mol. The first kappa shape index (κ1) is 24.0. The lowest BCUT2D eigenvalue weighted by Crippen LogP contribution is -2.45. The van der Waals surface area contributed by atoms with E-state index in [-0.39, 0.29) is 29.7 Å². The maximum Gasteiger partial charge on any atom is 0.248 e. The fourth-order valence-electron chi connectivity index (χ4n) is 4.14. The highest BCUT2D eigenvalue weighted by Crippen LogP contribution is 2.29. The van der Waals surface area contributed by atoms with Crippen LogP contribution in [0.2, 0.25) is 0 Å². The van der Waals surface area contributed by atoms with Crippen molar-refractivity contribution in [2.45, 2.75) is 45.1 Å². The lowest BCUT2D eigenvalue weighted by atomic mass is 9.99. The largest absolute Gasteiger partial charge is 0.467 e. The van der Waals surface area contributed by atoms with Crippen LogP contribution in [-0.2, 0) is 21.4 Å². The zero-order chi connectivity index (χ0) is 24.3. The highest BCUT2D eigenvalue weighted by Gasteiger charge is 2.36. The molecule has 0 aliphatic carbocycles. The van der Waals surface area contributed by atoms with Crippen LogP contribution in [0.25, 0.3) is 12.2 Å². The third-order valence-electron chi connectivity index (χ3n) is 6.05. The summed E-state index contributed by atoms with van der Waals surface area (Å²) in [5, 5.41) is 6.76. The molecule has 9 heteroatoms. The third-order valence-corrected chi connectivity index (χ3v) is 8.08. The topological polar surface area (TPSA) is 106 Å². The van der Waals surface area contributed by atoms with Gasteiger partial charge in [-0.05, 0) is 62.9 Å². The number of piperidine rings is 1. The maximum atomic E-state index is 13.6. The molecule has 2 aromatic heterocycles. The van der Waals surface area contributed by atoms with Gasteiger partial charge < -0.3 is 14.3 Å². The average molecular weight is 484 g/mol. The number of nitrogens with zero attached hydrogens (tertiary/aromatic N) is 2. The molecule has 0 bridgehead atoms. The number of sulfonamides is 1. The summed E-state index contributed by atoms with van der Waals surface area (Å²) in [5.74, 6) is 0.206. The Morgan fingerprint density at radius 1 is 1.24 bits per heavy atom. The van der Waals surface area contributed by atoms with Crippen molar-refractivity contribution < 1.29 is 22.2 Å². The van der Waals surface area contributed by atoms with Gasteiger partial charge in [-0.25, -0.2) is 8.42 Å². The van der Waals surface area contributed by atoms with Crippen molar-refractivity contribution in [1.29, 1.82) is 0 Å². The maximum absolute atomic E-state index is 13.6. The normalized spacial score (nSPS) is 17.3. The van der Waals surface area contributed by atoms with Crippen LogP contribution in [0.3, 0.4) is 0 Å². The molecule has 1 aromatic carbocycles. The quantitative estimate of drug-likeness (QED) is 0.543. The Morgan fingerprint density at radius 3 is 2.82 bits per heavy atom. The molecule has 4 rings (SSSR count). The summed E-state index contributed by atoms with van der Waals surface area (Å²) >= 11 is 0. The van der Waals surface area contributed by atoms with E-state index in [0.29, 0.717) is 30.8 Å². The summed E-state index contributed by atoms with van der Waals surface area (Å²) in [4.78, 5) is 12.7. The first-order valence-electron chi connectivity index (χ1n) is 11.3. The Labute approximate surface area is 199 Å². The van der Waals surface area contributed by atoms with Crippen LogP contribution in [0.1, 0.15) is 46.7 Å². The number of carbonyl (C=O) groups excluding carboxylic acids is 1. The predicted octanol–water partition coefficient (Wildman–Crippen LogP) is 4.08. The summed E-state index contributed by atoms with van der Waals surface area (Å²) in [6, 6.07) is 9.60. The van der Waals surface area contributed by atoms with E-state index < -0.39 is 15.9 Å². The van der Waals surface area contributed by atoms with E-state index in [1.807, 2.05) is 38.1 Å². The van der Waals surface area contributed by atoms with Gasteiger partial charge in [0.15, 0.2) is 10.7 Å². The van der Waals surface area contributed by atoms with Gasteiger partial charge in [-0.2, -0.15) is 4.31 Å². The summed E-state index contributed by atoms with van der Waals surface area (Å²) < 4.78 is 39.2. The van der Waals surface area contributed by atoms with E-state index in [1.54, 1.807) is 31.4 Å². The van der Waals surface area contributed by atoms with Gasteiger partial charge in [0.25, 0.3) is 0 Å². The summed E-state index contributed by atoms with van der Waals surface area (Å²) in [5.41, 5.74) is 3.45. The molecular formula is C25H29N3O5S. The number of hydrogen-bond acceptors (Lipinski definition) is 6. The number of nitrogens with one attached hydrogen (secondary N) is 1. The number of rotatable bonds is 7. The second-order valence-corrected chi connectivity index (χ2v) is 10.5. The number of aryl methyl sites for hydroxylation is 3.